The molecule has 0 unspecified atom stereocenters. The molecule has 0 amide bonds. The summed E-state index contributed by atoms with van der Waals surface area (Å²) in [5.74, 6) is 0.753. The second-order valence-electron chi connectivity index (χ2n) is 6.84. The molecule has 1 N–H and O–H groups in total. The summed E-state index contributed by atoms with van der Waals surface area (Å²) in [5.41, 5.74) is 2.19. The van der Waals surface area contributed by atoms with Crippen molar-refractivity contribution in [3.63, 3.8) is 0 Å². The van der Waals surface area contributed by atoms with Gasteiger partial charge in [0.1, 0.15) is 18.0 Å². The van der Waals surface area contributed by atoms with Crippen LogP contribution in [-0.2, 0) is 27.4 Å². The molecule has 5 heteroatoms. The lowest BCUT2D eigenvalue weighted by Gasteiger charge is -2.25. The van der Waals surface area contributed by atoms with Gasteiger partial charge in [-0.25, -0.2) is 0 Å². The monoisotopic (exact) mass is 356 g/mol. The van der Waals surface area contributed by atoms with Crippen LogP contribution in [-0.4, -0.2) is 43.2 Å². The number of rotatable bonds is 8. The van der Waals surface area contributed by atoms with Gasteiger partial charge in [0.25, 0.3) is 0 Å². The van der Waals surface area contributed by atoms with E-state index in [1.165, 1.54) is 0 Å². The van der Waals surface area contributed by atoms with Crippen LogP contribution in [0.1, 0.15) is 11.1 Å². The summed E-state index contributed by atoms with van der Waals surface area (Å²) in [6.45, 7) is 1.47. The van der Waals surface area contributed by atoms with Crippen LogP contribution in [0, 0.1) is 5.92 Å². The lowest BCUT2D eigenvalue weighted by molar-refractivity contribution is -0.0850. The van der Waals surface area contributed by atoms with E-state index in [4.69, 9.17) is 18.9 Å². The van der Waals surface area contributed by atoms with E-state index in [-0.39, 0.29) is 24.2 Å². The first-order valence-electron chi connectivity index (χ1n) is 8.96. The number of aliphatic hydroxyl groups is 1. The van der Waals surface area contributed by atoms with E-state index in [1.54, 1.807) is 7.11 Å². The Morgan fingerprint density at radius 1 is 0.923 bits per heavy atom. The predicted octanol–water partition coefficient (Wildman–Crippen LogP) is 2.56. The first-order chi connectivity index (χ1) is 12.8. The molecule has 2 aromatic rings. The maximum atomic E-state index is 10.4. The van der Waals surface area contributed by atoms with Gasteiger partial charge in [0, 0.05) is 5.92 Å². The molecule has 2 aliphatic rings. The molecular formula is C21H24O5. The number of methoxy groups -OCH3 is 1. The van der Waals surface area contributed by atoms with Gasteiger partial charge in [-0.1, -0.05) is 42.5 Å². The Hall–Kier alpha value is -1.92. The lowest BCUT2D eigenvalue weighted by Crippen LogP contribution is -2.35. The zero-order valence-electron chi connectivity index (χ0n) is 14.8. The van der Waals surface area contributed by atoms with E-state index in [1.807, 2.05) is 54.6 Å². The average Bonchev–Trinajstić information content (AvgIpc) is 3.43. The number of ether oxygens (including phenoxy) is 4. The van der Waals surface area contributed by atoms with Gasteiger partial charge in [-0.3, -0.25) is 0 Å². The lowest BCUT2D eigenvalue weighted by atomic mass is 10.0. The quantitative estimate of drug-likeness (QED) is 0.737. The molecule has 2 aromatic carbocycles. The summed E-state index contributed by atoms with van der Waals surface area (Å²) in [6, 6.07) is 17.8. The van der Waals surface area contributed by atoms with Crippen LogP contribution < -0.4 is 4.74 Å². The molecule has 0 aromatic heterocycles. The van der Waals surface area contributed by atoms with Crippen molar-refractivity contribution >= 4 is 0 Å². The maximum absolute atomic E-state index is 10.4. The van der Waals surface area contributed by atoms with Crippen LogP contribution in [0.4, 0.5) is 0 Å². The molecule has 1 heterocycles. The standard InChI is InChI=1S/C21H24O5/c1-23-16-9-7-15(8-10-16)12-25-19-17(18(22)20-21(19)26-20)13-24-11-14-5-3-2-4-6-14/h2-10,17-22H,11-13H2,1H3/t17-,18-,19+,20-,21+/m0/s1. The van der Waals surface area contributed by atoms with Crippen molar-refractivity contribution in [1.29, 1.82) is 0 Å². The molecule has 4 rings (SSSR count). The van der Waals surface area contributed by atoms with Gasteiger partial charge in [-0.2, -0.15) is 0 Å². The summed E-state index contributed by atoms with van der Waals surface area (Å²) >= 11 is 0. The number of epoxide rings is 1. The molecule has 1 saturated carbocycles. The Balaban J connectivity index is 1.31. The Morgan fingerprint density at radius 3 is 2.38 bits per heavy atom. The third-order valence-corrected chi connectivity index (χ3v) is 5.11. The molecule has 5 nitrogen and oxygen atoms in total. The number of benzene rings is 2. The summed E-state index contributed by atoms with van der Waals surface area (Å²) in [4.78, 5) is 0. The number of aliphatic hydroxyl groups excluding tert-OH is 1. The Morgan fingerprint density at radius 2 is 1.65 bits per heavy atom. The highest BCUT2D eigenvalue weighted by Crippen LogP contribution is 2.44. The van der Waals surface area contributed by atoms with E-state index < -0.39 is 6.10 Å². The first kappa shape index (κ1) is 17.5. The molecule has 1 saturated heterocycles. The van der Waals surface area contributed by atoms with Gasteiger partial charge in [-0.15, -0.1) is 0 Å². The summed E-state index contributed by atoms with van der Waals surface area (Å²) < 4.78 is 22.7. The van der Waals surface area contributed by atoms with Crippen LogP contribution in [0.25, 0.3) is 0 Å². The van der Waals surface area contributed by atoms with E-state index in [9.17, 15) is 5.11 Å². The van der Waals surface area contributed by atoms with Crippen molar-refractivity contribution in [3.05, 3.63) is 65.7 Å². The van der Waals surface area contributed by atoms with Gasteiger partial charge < -0.3 is 24.1 Å². The van der Waals surface area contributed by atoms with Gasteiger partial charge in [0.2, 0.25) is 0 Å². The normalized spacial score (nSPS) is 29.4. The number of hydrogen-bond acceptors (Lipinski definition) is 5. The van der Waals surface area contributed by atoms with E-state index in [0.29, 0.717) is 19.8 Å². The smallest absolute Gasteiger partial charge is 0.118 e. The van der Waals surface area contributed by atoms with Crippen molar-refractivity contribution in [2.45, 2.75) is 37.6 Å². The minimum atomic E-state index is -0.531. The molecular weight excluding hydrogens is 332 g/mol. The van der Waals surface area contributed by atoms with Crippen molar-refractivity contribution < 1.29 is 24.1 Å². The number of fused-ring (bicyclic) bond motifs is 1. The second kappa shape index (κ2) is 7.76. The Bertz CT molecular complexity index is 702. The minimum Gasteiger partial charge on any atom is -0.497 e. The van der Waals surface area contributed by atoms with E-state index in [0.717, 1.165) is 16.9 Å². The molecule has 2 fully saturated rings. The highest BCUT2D eigenvalue weighted by atomic mass is 16.6. The maximum Gasteiger partial charge on any atom is 0.118 e. The third kappa shape index (κ3) is 3.76. The van der Waals surface area contributed by atoms with Crippen molar-refractivity contribution in [3.8, 4) is 5.75 Å². The van der Waals surface area contributed by atoms with Crippen LogP contribution in [0.3, 0.4) is 0 Å². The highest BCUT2D eigenvalue weighted by molar-refractivity contribution is 5.26. The van der Waals surface area contributed by atoms with Gasteiger partial charge in [0.05, 0.1) is 39.1 Å². The Kier molecular flexibility index (Phi) is 5.22. The van der Waals surface area contributed by atoms with E-state index in [2.05, 4.69) is 0 Å². The van der Waals surface area contributed by atoms with Gasteiger partial charge in [-0.05, 0) is 23.3 Å². The molecule has 1 aliphatic heterocycles. The zero-order chi connectivity index (χ0) is 17.9. The molecule has 26 heavy (non-hydrogen) atoms. The molecule has 1 aliphatic carbocycles. The summed E-state index contributed by atoms with van der Waals surface area (Å²) in [5, 5.41) is 10.4. The summed E-state index contributed by atoms with van der Waals surface area (Å²) in [6.07, 6.45) is -0.806. The molecule has 0 bridgehead atoms. The molecule has 0 radical (unpaired) electrons. The average molecular weight is 356 g/mol. The Labute approximate surface area is 153 Å². The fourth-order valence-electron chi connectivity index (χ4n) is 3.57. The third-order valence-electron chi connectivity index (χ3n) is 5.11. The topological polar surface area (TPSA) is 60.5 Å². The summed E-state index contributed by atoms with van der Waals surface area (Å²) in [7, 11) is 1.65. The van der Waals surface area contributed by atoms with Crippen molar-refractivity contribution in [1.82, 2.24) is 0 Å². The van der Waals surface area contributed by atoms with Crippen LogP contribution in [0.15, 0.2) is 54.6 Å². The highest BCUT2D eigenvalue weighted by Gasteiger charge is 2.62. The first-order valence-corrected chi connectivity index (χ1v) is 8.96. The van der Waals surface area contributed by atoms with E-state index >= 15 is 0 Å². The SMILES string of the molecule is COc1ccc(CO[C@@H]2[C@@H](COCc3ccccc3)[C@H](O)[C@@H]3O[C@H]23)cc1. The molecule has 138 valence electrons. The fraction of sp³-hybridized carbons (Fsp3) is 0.429. The molecule has 5 atom stereocenters. The van der Waals surface area contributed by atoms with Crippen molar-refractivity contribution in [2.75, 3.05) is 13.7 Å². The zero-order valence-corrected chi connectivity index (χ0v) is 14.8. The fourth-order valence-corrected chi connectivity index (χ4v) is 3.57. The van der Waals surface area contributed by atoms with Crippen LogP contribution in [0.5, 0.6) is 5.75 Å². The van der Waals surface area contributed by atoms with Gasteiger partial charge in [0.15, 0.2) is 0 Å². The largest absolute Gasteiger partial charge is 0.497 e. The number of hydrogen-bond donors (Lipinski definition) is 1. The predicted molar refractivity (Wildman–Crippen MR) is 95.8 cm³/mol. The molecule has 0 spiro atoms. The van der Waals surface area contributed by atoms with Crippen molar-refractivity contribution in [2.24, 2.45) is 5.92 Å². The van der Waals surface area contributed by atoms with Crippen LogP contribution >= 0.6 is 0 Å². The minimum absolute atomic E-state index is 0.0198. The second-order valence-corrected chi connectivity index (χ2v) is 6.84. The van der Waals surface area contributed by atoms with Crippen LogP contribution in [0.2, 0.25) is 0 Å². The van der Waals surface area contributed by atoms with Gasteiger partial charge >= 0.3 is 0 Å².